The Bertz CT molecular complexity index is 368. The van der Waals surface area contributed by atoms with E-state index in [1.807, 2.05) is 0 Å². The number of carbonyl (C=O) groups is 1. The van der Waals surface area contributed by atoms with Crippen molar-refractivity contribution in [3.05, 3.63) is 34.6 Å². The van der Waals surface area contributed by atoms with Crippen molar-refractivity contribution in [2.75, 3.05) is 6.61 Å². The number of esters is 1. The number of benzene rings is 1. The van der Waals surface area contributed by atoms with E-state index < -0.39 is 18.0 Å². The van der Waals surface area contributed by atoms with Gasteiger partial charge < -0.3 is 4.74 Å². The van der Waals surface area contributed by atoms with Crippen LogP contribution in [0, 0.1) is 5.82 Å². The number of hydrogen-bond donors (Lipinski definition) is 0. The van der Waals surface area contributed by atoms with Crippen LogP contribution in [0.3, 0.4) is 0 Å². The molecule has 0 bridgehead atoms. The lowest BCUT2D eigenvalue weighted by molar-refractivity contribution is -0.149. The molecule has 0 saturated heterocycles. The summed E-state index contributed by atoms with van der Waals surface area (Å²) in [6.45, 7) is 1.59. The van der Waals surface area contributed by atoms with E-state index in [1.165, 1.54) is 6.07 Å². The van der Waals surface area contributed by atoms with Crippen molar-refractivity contribution in [2.45, 2.75) is 13.1 Å². The van der Waals surface area contributed by atoms with Crippen molar-refractivity contribution >= 4 is 17.6 Å². The van der Waals surface area contributed by atoms with Gasteiger partial charge >= 0.3 is 5.97 Å². The normalized spacial score (nSPS) is 12.3. The maximum Gasteiger partial charge on any atom is 0.345 e. The average Bonchev–Trinajstić information content (AvgIpc) is 2.17. The van der Waals surface area contributed by atoms with Crippen LogP contribution in [0.5, 0.6) is 0 Å². The highest BCUT2D eigenvalue weighted by Gasteiger charge is 2.24. The Morgan fingerprint density at radius 1 is 1.60 bits per heavy atom. The van der Waals surface area contributed by atoms with Crippen molar-refractivity contribution in [2.24, 2.45) is 0 Å². The number of hydrogen-bond acceptors (Lipinski definition) is 2. The van der Waals surface area contributed by atoms with Gasteiger partial charge in [0.25, 0.3) is 0 Å². The fourth-order valence-corrected chi connectivity index (χ4v) is 1.21. The quantitative estimate of drug-likeness (QED) is 0.752. The summed E-state index contributed by atoms with van der Waals surface area (Å²) in [6.07, 6.45) is -2.11. The zero-order valence-electron chi connectivity index (χ0n) is 7.97. The van der Waals surface area contributed by atoms with Crippen LogP contribution in [-0.4, -0.2) is 12.6 Å². The van der Waals surface area contributed by atoms with Crippen molar-refractivity contribution in [3.8, 4) is 0 Å². The molecule has 0 aliphatic rings. The van der Waals surface area contributed by atoms with E-state index in [2.05, 4.69) is 4.74 Å². The minimum atomic E-state index is -2.11. The van der Waals surface area contributed by atoms with E-state index >= 15 is 0 Å². The summed E-state index contributed by atoms with van der Waals surface area (Å²) in [4.78, 5) is 11.0. The van der Waals surface area contributed by atoms with Crippen molar-refractivity contribution in [1.82, 2.24) is 0 Å². The molecule has 0 aromatic heterocycles. The first-order valence-electron chi connectivity index (χ1n) is 4.32. The zero-order chi connectivity index (χ0) is 11.4. The molecule has 0 N–H and O–H groups in total. The first-order chi connectivity index (χ1) is 7.06. The molecule has 0 aliphatic carbocycles. The summed E-state index contributed by atoms with van der Waals surface area (Å²) in [7, 11) is 0. The van der Waals surface area contributed by atoms with E-state index in [0.29, 0.717) is 0 Å². The zero-order valence-corrected chi connectivity index (χ0v) is 8.72. The Balaban J connectivity index is 2.91. The van der Waals surface area contributed by atoms with Gasteiger partial charge in [0.2, 0.25) is 6.17 Å². The predicted molar refractivity (Wildman–Crippen MR) is 51.9 cm³/mol. The van der Waals surface area contributed by atoms with Crippen molar-refractivity contribution in [3.63, 3.8) is 0 Å². The molecule has 1 rings (SSSR count). The van der Waals surface area contributed by atoms with Gasteiger partial charge in [-0.15, -0.1) is 0 Å². The van der Waals surface area contributed by atoms with Crippen LogP contribution in [0.1, 0.15) is 18.7 Å². The van der Waals surface area contributed by atoms with Crippen LogP contribution in [-0.2, 0) is 9.53 Å². The highest BCUT2D eigenvalue weighted by molar-refractivity contribution is 6.30. The van der Waals surface area contributed by atoms with Crippen LogP contribution >= 0.6 is 11.6 Å². The molecule has 0 saturated carbocycles. The van der Waals surface area contributed by atoms with Crippen LogP contribution in [0.25, 0.3) is 0 Å². The number of rotatable bonds is 3. The summed E-state index contributed by atoms with van der Waals surface area (Å²) in [6, 6.07) is 3.38. The molecular weight excluding hydrogens is 226 g/mol. The van der Waals surface area contributed by atoms with E-state index in [1.54, 1.807) is 6.92 Å². The first kappa shape index (κ1) is 11.9. The van der Waals surface area contributed by atoms with Gasteiger partial charge in [-0.3, -0.25) is 0 Å². The first-order valence-corrected chi connectivity index (χ1v) is 4.69. The standard InChI is InChI=1S/C10H9ClF2O2/c1-2-15-10(14)9(13)7-4-3-6(11)5-8(7)12/h3-5,9H,2H2,1H3. The lowest BCUT2D eigenvalue weighted by Crippen LogP contribution is -2.13. The topological polar surface area (TPSA) is 26.3 Å². The SMILES string of the molecule is CCOC(=O)C(F)c1ccc(Cl)cc1F. The second kappa shape index (κ2) is 5.07. The molecule has 82 valence electrons. The predicted octanol–water partition coefficient (Wildman–Crippen LogP) is 3.05. The van der Waals surface area contributed by atoms with E-state index in [4.69, 9.17) is 11.6 Å². The molecular formula is C10H9ClF2O2. The van der Waals surface area contributed by atoms with Crippen LogP contribution in [0.4, 0.5) is 8.78 Å². The monoisotopic (exact) mass is 234 g/mol. The van der Waals surface area contributed by atoms with Gasteiger partial charge in [0, 0.05) is 10.6 Å². The summed E-state index contributed by atoms with van der Waals surface area (Å²) < 4.78 is 30.9. The van der Waals surface area contributed by atoms with Crippen LogP contribution < -0.4 is 0 Å². The summed E-state index contributed by atoms with van der Waals surface area (Å²) in [5.41, 5.74) is -0.363. The number of alkyl halides is 1. The molecule has 1 aromatic carbocycles. The lowest BCUT2D eigenvalue weighted by Gasteiger charge is -2.08. The Morgan fingerprint density at radius 3 is 2.80 bits per heavy atom. The Morgan fingerprint density at radius 2 is 2.27 bits per heavy atom. The van der Waals surface area contributed by atoms with Gasteiger partial charge in [-0.1, -0.05) is 17.7 Å². The fraction of sp³-hybridized carbons (Fsp3) is 0.300. The third-order valence-electron chi connectivity index (χ3n) is 1.73. The second-order valence-corrected chi connectivity index (χ2v) is 3.22. The van der Waals surface area contributed by atoms with Gasteiger partial charge in [0.1, 0.15) is 5.82 Å². The third-order valence-corrected chi connectivity index (χ3v) is 1.96. The molecule has 5 heteroatoms. The maximum atomic E-state index is 13.4. The van der Waals surface area contributed by atoms with Crippen molar-refractivity contribution in [1.29, 1.82) is 0 Å². The van der Waals surface area contributed by atoms with Crippen LogP contribution in [0.2, 0.25) is 5.02 Å². The third kappa shape index (κ3) is 2.89. The number of carbonyl (C=O) groups excluding carboxylic acids is 1. The van der Waals surface area contributed by atoms with Crippen molar-refractivity contribution < 1.29 is 18.3 Å². The van der Waals surface area contributed by atoms with Gasteiger partial charge in [0.15, 0.2) is 0 Å². The molecule has 0 spiro atoms. The maximum absolute atomic E-state index is 13.4. The highest BCUT2D eigenvalue weighted by atomic mass is 35.5. The van der Waals surface area contributed by atoms with Crippen LogP contribution in [0.15, 0.2) is 18.2 Å². The minimum Gasteiger partial charge on any atom is -0.464 e. The minimum absolute atomic E-state index is 0.0501. The summed E-state index contributed by atoms with van der Waals surface area (Å²) in [5, 5.41) is 0.146. The molecule has 0 fully saturated rings. The molecule has 0 aliphatic heterocycles. The molecule has 0 radical (unpaired) electrons. The average molecular weight is 235 g/mol. The summed E-state index contributed by atoms with van der Waals surface area (Å²) >= 11 is 5.48. The molecule has 0 heterocycles. The number of halogens is 3. The molecule has 1 unspecified atom stereocenters. The fourth-order valence-electron chi connectivity index (χ4n) is 1.05. The summed E-state index contributed by atoms with van der Waals surface area (Å²) in [5.74, 6) is -1.96. The van der Waals surface area contributed by atoms with E-state index in [0.717, 1.165) is 12.1 Å². The van der Waals surface area contributed by atoms with Gasteiger partial charge in [-0.05, 0) is 19.1 Å². The lowest BCUT2D eigenvalue weighted by atomic mass is 10.1. The number of ether oxygens (including phenoxy) is 1. The molecule has 0 amide bonds. The van der Waals surface area contributed by atoms with Gasteiger partial charge in [-0.25, -0.2) is 13.6 Å². The highest BCUT2D eigenvalue weighted by Crippen LogP contribution is 2.24. The largest absolute Gasteiger partial charge is 0.464 e. The Labute approximate surface area is 90.8 Å². The van der Waals surface area contributed by atoms with E-state index in [9.17, 15) is 13.6 Å². The van der Waals surface area contributed by atoms with E-state index in [-0.39, 0.29) is 17.2 Å². The molecule has 1 atom stereocenters. The Kier molecular flexibility index (Phi) is 4.03. The second-order valence-electron chi connectivity index (χ2n) is 2.78. The van der Waals surface area contributed by atoms with Gasteiger partial charge in [-0.2, -0.15) is 0 Å². The molecule has 15 heavy (non-hydrogen) atoms. The molecule has 1 aromatic rings. The molecule has 2 nitrogen and oxygen atoms in total. The van der Waals surface area contributed by atoms with Gasteiger partial charge in [0.05, 0.1) is 6.61 Å². The Hall–Kier alpha value is -1.16. The smallest absolute Gasteiger partial charge is 0.345 e.